The van der Waals surface area contributed by atoms with E-state index in [0.29, 0.717) is 5.82 Å². The fraction of sp³-hybridized carbons (Fsp3) is 0.348. The fourth-order valence-electron chi connectivity index (χ4n) is 4.36. The Hall–Kier alpha value is -3.68. The molecule has 4 aromatic rings. The molecule has 0 saturated carbocycles. The molecule has 4 atom stereocenters. The number of fused-ring (bicyclic) bond motifs is 2. The monoisotopic (exact) mass is 504 g/mol. The van der Waals surface area contributed by atoms with E-state index in [0.717, 1.165) is 18.2 Å². The molecule has 0 aliphatic carbocycles. The first kappa shape index (κ1) is 22.8. The number of rotatable bonds is 6. The lowest BCUT2D eigenvalue weighted by Crippen LogP contribution is -2.34. The van der Waals surface area contributed by atoms with Gasteiger partial charge in [-0.25, -0.2) is 18.2 Å². The smallest absolute Gasteiger partial charge is 0.264 e. The number of aliphatic hydroxyl groups excluding tert-OH is 1. The predicted octanol–water partition coefficient (Wildman–Crippen LogP) is 2.82. The van der Waals surface area contributed by atoms with E-state index in [1.165, 1.54) is 6.07 Å². The first-order chi connectivity index (χ1) is 17.4. The average molecular weight is 504 g/mol. The van der Waals surface area contributed by atoms with Gasteiger partial charge in [0, 0.05) is 24.3 Å². The van der Waals surface area contributed by atoms with Gasteiger partial charge in [0.1, 0.15) is 41.4 Å². The number of H-pyrrole nitrogens is 1. The SMILES string of the molecule is Cc1noc(COc2cc(F)c(-c3nc4cc(O[C@@H]5CO[C@H]6[C@@H]5OC[C@H]6O)[nH]c4cc3F)c(F)c2)n1. The quantitative estimate of drug-likeness (QED) is 0.408. The summed E-state index contributed by atoms with van der Waals surface area (Å²) < 4.78 is 71.8. The Morgan fingerprint density at radius 3 is 2.56 bits per heavy atom. The number of hydrogen-bond acceptors (Lipinski definition) is 9. The van der Waals surface area contributed by atoms with Crippen molar-refractivity contribution in [1.29, 1.82) is 0 Å². The Morgan fingerprint density at radius 2 is 1.81 bits per heavy atom. The summed E-state index contributed by atoms with van der Waals surface area (Å²) in [6.07, 6.45) is -2.15. The van der Waals surface area contributed by atoms with Crippen LogP contribution in [0.5, 0.6) is 11.6 Å². The number of nitrogens with one attached hydrogen (secondary N) is 1. The van der Waals surface area contributed by atoms with E-state index in [2.05, 4.69) is 20.1 Å². The van der Waals surface area contributed by atoms with Gasteiger partial charge in [-0.3, -0.25) is 0 Å². The number of aromatic amines is 1. The zero-order valence-corrected chi connectivity index (χ0v) is 18.7. The normalized spacial score (nSPS) is 23.4. The molecule has 13 heteroatoms. The summed E-state index contributed by atoms with van der Waals surface area (Å²) >= 11 is 0. The summed E-state index contributed by atoms with van der Waals surface area (Å²) in [4.78, 5) is 10.9. The summed E-state index contributed by atoms with van der Waals surface area (Å²) in [5.41, 5.74) is -0.645. The van der Waals surface area contributed by atoms with Crippen molar-refractivity contribution in [3.05, 3.63) is 53.4 Å². The van der Waals surface area contributed by atoms with Crippen molar-refractivity contribution in [1.82, 2.24) is 20.1 Å². The molecule has 0 radical (unpaired) electrons. The minimum absolute atomic E-state index is 0.136. The highest BCUT2D eigenvalue weighted by Crippen LogP contribution is 2.34. The number of aliphatic hydroxyl groups is 1. The molecule has 6 rings (SSSR count). The molecule has 1 aromatic carbocycles. The van der Waals surface area contributed by atoms with Gasteiger partial charge in [-0.1, -0.05) is 5.16 Å². The molecular weight excluding hydrogens is 485 g/mol. The van der Waals surface area contributed by atoms with Crippen molar-refractivity contribution >= 4 is 11.0 Å². The lowest BCUT2D eigenvalue weighted by Gasteiger charge is -2.16. The highest BCUT2D eigenvalue weighted by atomic mass is 19.1. The van der Waals surface area contributed by atoms with Gasteiger partial charge in [0.15, 0.2) is 30.2 Å². The minimum Gasteiger partial charge on any atom is -0.484 e. The van der Waals surface area contributed by atoms with Crippen LogP contribution in [0.15, 0.2) is 28.8 Å². The van der Waals surface area contributed by atoms with Crippen LogP contribution in [-0.2, 0) is 16.1 Å². The second-order valence-electron chi connectivity index (χ2n) is 8.49. The van der Waals surface area contributed by atoms with Crippen molar-refractivity contribution in [2.45, 2.75) is 37.9 Å². The highest BCUT2D eigenvalue weighted by Gasteiger charge is 2.48. The Morgan fingerprint density at radius 1 is 1.03 bits per heavy atom. The number of nitrogens with zero attached hydrogens (tertiary/aromatic N) is 3. The maximum Gasteiger partial charge on any atom is 0.264 e. The van der Waals surface area contributed by atoms with Gasteiger partial charge in [0.2, 0.25) is 0 Å². The summed E-state index contributed by atoms with van der Waals surface area (Å²) in [6.45, 7) is 1.77. The van der Waals surface area contributed by atoms with Crippen molar-refractivity contribution in [2.75, 3.05) is 13.2 Å². The first-order valence-corrected chi connectivity index (χ1v) is 11.0. The van der Waals surface area contributed by atoms with Crippen LogP contribution in [0.2, 0.25) is 0 Å². The van der Waals surface area contributed by atoms with Crippen LogP contribution < -0.4 is 9.47 Å². The van der Waals surface area contributed by atoms with Gasteiger partial charge in [-0.2, -0.15) is 4.98 Å². The third-order valence-electron chi connectivity index (χ3n) is 5.98. The van der Waals surface area contributed by atoms with Crippen molar-refractivity contribution in [2.24, 2.45) is 0 Å². The highest BCUT2D eigenvalue weighted by molar-refractivity contribution is 5.81. The number of aryl methyl sites for hydroxylation is 1. The maximum atomic E-state index is 14.9. The Kier molecular flexibility index (Phi) is 5.54. The molecule has 2 aliphatic rings. The molecule has 5 heterocycles. The minimum atomic E-state index is -1.06. The maximum absolute atomic E-state index is 14.9. The van der Waals surface area contributed by atoms with Crippen LogP contribution in [-0.4, -0.2) is 62.8 Å². The number of hydrogen-bond donors (Lipinski definition) is 2. The molecule has 2 aliphatic heterocycles. The van der Waals surface area contributed by atoms with Crippen LogP contribution in [0, 0.1) is 24.4 Å². The zero-order chi connectivity index (χ0) is 25.0. The third-order valence-corrected chi connectivity index (χ3v) is 5.98. The summed E-state index contributed by atoms with van der Waals surface area (Å²) in [7, 11) is 0. The zero-order valence-electron chi connectivity index (χ0n) is 18.7. The van der Waals surface area contributed by atoms with E-state index in [1.54, 1.807) is 6.92 Å². The Balaban J connectivity index is 1.24. The van der Waals surface area contributed by atoms with Crippen LogP contribution in [0.25, 0.3) is 22.3 Å². The van der Waals surface area contributed by atoms with E-state index in [4.69, 9.17) is 23.5 Å². The van der Waals surface area contributed by atoms with Crippen LogP contribution in [0.4, 0.5) is 13.2 Å². The molecule has 3 aromatic heterocycles. The van der Waals surface area contributed by atoms with Crippen molar-refractivity contribution < 1.29 is 41.7 Å². The van der Waals surface area contributed by atoms with Gasteiger partial charge in [0.05, 0.1) is 29.8 Å². The molecular formula is C23H19F3N4O6. The molecule has 2 saturated heterocycles. The largest absolute Gasteiger partial charge is 0.484 e. The predicted molar refractivity (Wildman–Crippen MR) is 115 cm³/mol. The molecule has 0 spiro atoms. The molecule has 0 unspecified atom stereocenters. The standard InChI is InChI=1S/C23H19F3N4O6/c1-9-27-19(36-30-9)8-32-10-2-11(24)20(12(25)3-10)21-13(26)4-14-15(29-21)5-18(28-14)35-17-7-34-22-16(31)6-33-23(17)22/h2-5,16-17,22-23,28,31H,6-8H2,1H3/t16-,17-,22-,23-/m1/s1. The lowest BCUT2D eigenvalue weighted by atomic mass is 10.1. The van der Waals surface area contributed by atoms with Gasteiger partial charge in [-0.05, 0) is 6.92 Å². The second kappa shape index (κ2) is 8.76. The molecule has 0 bridgehead atoms. The van der Waals surface area contributed by atoms with Crippen molar-refractivity contribution in [3.63, 3.8) is 0 Å². The van der Waals surface area contributed by atoms with E-state index in [-0.39, 0.29) is 48.4 Å². The van der Waals surface area contributed by atoms with E-state index < -0.39 is 53.1 Å². The van der Waals surface area contributed by atoms with E-state index >= 15 is 0 Å². The topological polar surface area (TPSA) is 125 Å². The molecule has 2 fully saturated rings. The van der Waals surface area contributed by atoms with Gasteiger partial charge >= 0.3 is 0 Å². The van der Waals surface area contributed by atoms with Crippen LogP contribution in [0.3, 0.4) is 0 Å². The van der Waals surface area contributed by atoms with Gasteiger partial charge in [0.25, 0.3) is 5.89 Å². The van der Waals surface area contributed by atoms with Gasteiger partial charge < -0.3 is 33.6 Å². The average Bonchev–Trinajstić information content (AvgIpc) is 3.60. The Bertz CT molecular complexity index is 1420. The van der Waals surface area contributed by atoms with Crippen LogP contribution in [0.1, 0.15) is 11.7 Å². The third kappa shape index (κ3) is 4.04. The molecule has 188 valence electrons. The molecule has 2 N–H and O–H groups in total. The number of pyridine rings is 1. The van der Waals surface area contributed by atoms with Gasteiger partial charge in [-0.15, -0.1) is 0 Å². The fourth-order valence-corrected chi connectivity index (χ4v) is 4.36. The lowest BCUT2D eigenvalue weighted by molar-refractivity contribution is 0.00794. The number of ether oxygens (including phenoxy) is 4. The van der Waals surface area contributed by atoms with Crippen molar-refractivity contribution in [3.8, 4) is 22.9 Å². The molecule has 0 amide bonds. The number of halogens is 3. The first-order valence-electron chi connectivity index (χ1n) is 11.0. The van der Waals surface area contributed by atoms with E-state index in [9.17, 15) is 18.3 Å². The molecule has 10 nitrogen and oxygen atoms in total. The number of aromatic nitrogens is 4. The summed E-state index contributed by atoms with van der Waals surface area (Å²) in [5.74, 6) is -2.42. The summed E-state index contributed by atoms with van der Waals surface area (Å²) in [5, 5.41) is 13.5. The van der Waals surface area contributed by atoms with E-state index in [1.807, 2.05) is 0 Å². The molecule has 36 heavy (non-hydrogen) atoms. The Labute approximate surface area is 200 Å². The summed E-state index contributed by atoms with van der Waals surface area (Å²) in [6, 6.07) is 4.41. The second-order valence-corrected chi connectivity index (χ2v) is 8.49. The van der Waals surface area contributed by atoms with Crippen LogP contribution >= 0.6 is 0 Å². The number of benzene rings is 1.